The average molecular weight is 140 g/mol. The monoisotopic (exact) mass is 140 g/mol. The number of hydroxylamine groups is 2. The first kappa shape index (κ1) is 8.66. The van der Waals surface area contributed by atoms with E-state index in [0.717, 1.165) is 0 Å². The van der Waals surface area contributed by atoms with E-state index in [1.807, 2.05) is 0 Å². The molecule has 0 fully saturated rings. The number of rotatable bonds is 2. The van der Waals surface area contributed by atoms with Crippen LogP contribution >= 0.6 is 0 Å². The fourth-order valence-electron chi connectivity index (χ4n) is 0.264. The Bertz CT molecular complexity index is 190. The van der Waals surface area contributed by atoms with Gasteiger partial charge in [0.1, 0.15) is 0 Å². The third kappa shape index (κ3) is 2.84. The molecule has 0 N–H and O–H groups in total. The molecule has 0 rings (SSSR count). The van der Waals surface area contributed by atoms with Gasteiger partial charge in [-0.3, -0.25) is 4.79 Å². The van der Waals surface area contributed by atoms with Crippen LogP contribution in [0, 0.1) is 6.57 Å². The molecule has 4 heteroatoms. The van der Waals surface area contributed by atoms with Gasteiger partial charge in [0.15, 0.2) is 0 Å². The van der Waals surface area contributed by atoms with Crippen LogP contribution in [0.15, 0.2) is 12.3 Å². The SMILES string of the molecule is [C-]#[N+]C(=C)C(=O)ON(C)C. The van der Waals surface area contributed by atoms with Crippen molar-refractivity contribution in [2.45, 2.75) is 0 Å². The lowest BCUT2D eigenvalue weighted by atomic mass is 10.5. The Kier molecular flexibility index (Phi) is 3.15. The third-order valence-corrected chi connectivity index (χ3v) is 0.636. The van der Waals surface area contributed by atoms with Crippen molar-refractivity contribution in [1.82, 2.24) is 5.06 Å². The van der Waals surface area contributed by atoms with Crippen LogP contribution in [0.5, 0.6) is 0 Å². The maximum atomic E-state index is 10.6. The first-order chi connectivity index (χ1) is 4.57. The molecule has 0 aliphatic carbocycles. The molecule has 0 radical (unpaired) electrons. The zero-order valence-corrected chi connectivity index (χ0v) is 5.92. The molecule has 0 aliphatic rings. The van der Waals surface area contributed by atoms with E-state index in [-0.39, 0.29) is 5.70 Å². The number of carbonyl (C=O) groups excluding carboxylic acids is 1. The topological polar surface area (TPSA) is 33.9 Å². The Morgan fingerprint density at radius 2 is 2.20 bits per heavy atom. The Labute approximate surface area is 59.5 Å². The molecular weight excluding hydrogens is 132 g/mol. The van der Waals surface area contributed by atoms with Gasteiger partial charge in [0, 0.05) is 14.1 Å². The smallest absolute Gasteiger partial charge is 0.356 e. The molecule has 0 atom stereocenters. The molecule has 0 unspecified atom stereocenters. The van der Waals surface area contributed by atoms with Crippen LogP contribution in [-0.2, 0) is 9.63 Å². The van der Waals surface area contributed by atoms with Crippen LogP contribution in [0.4, 0.5) is 0 Å². The van der Waals surface area contributed by atoms with Crippen molar-refractivity contribution in [3.8, 4) is 0 Å². The lowest BCUT2D eigenvalue weighted by Gasteiger charge is -2.07. The molecule has 10 heavy (non-hydrogen) atoms. The van der Waals surface area contributed by atoms with Crippen LogP contribution in [0.3, 0.4) is 0 Å². The van der Waals surface area contributed by atoms with Gasteiger partial charge in [0.05, 0.1) is 6.57 Å². The van der Waals surface area contributed by atoms with E-state index in [1.54, 1.807) is 14.1 Å². The molecule has 4 nitrogen and oxygen atoms in total. The molecule has 54 valence electrons. The Morgan fingerprint density at radius 1 is 1.70 bits per heavy atom. The fourth-order valence-corrected chi connectivity index (χ4v) is 0.264. The van der Waals surface area contributed by atoms with Crippen molar-refractivity contribution in [2.75, 3.05) is 14.1 Å². The van der Waals surface area contributed by atoms with Gasteiger partial charge in [-0.2, -0.15) is 0 Å². The first-order valence-corrected chi connectivity index (χ1v) is 2.54. The summed E-state index contributed by atoms with van der Waals surface area (Å²) in [4.78, 5) is 17.9. The minimum atomic E-state index is -0.708. The summed E-state index contributed by atoms with van der Waals surface area (Å²) < 4.78 is 0. The van der Waals surface area contributed by atoms with E-state index in [4.69, 9.17) is 6.57 Å². The number of carbonyl (C=O) groups is 1. The summed E-state index contributed by atoms with van der Waals surface area (Å²) in [5.74, 6) is -0.708. The largest absolute Gasteiger partial charge is 0.376 e. The summed E-state index contributed by atoms with van der Waals surface area (Å²) in [6, 6.07) is 0. The molecule has 0 amide bonds. The lowest BCUT2D eigenvalue weighted by molar-refractivity contribution is -0.172. The Hall–Kier alpha value is -1.34. The second-order valence-electron chi connectivity index (χ2n) is 1.75. The van der Waals surface area contributed by atoms with E-state index in [1.165, 1.54) is 5.06 Å². The molecule has 0 aromatic carbocycles. The molecule has 0 saturated heterocycles. The van der Waals surface area contributed by atoms with Crippen LogP contribution in [-0.4, -0.2) is 25.1 Å². The number of hydrogen-bond donors (Lipinski definition) is 0. The summed E-state index contributed by atoms with van der Waals surface area (Å²) in [5.41, 5.74) is -0.214. The summed E-state index contributed by atoms with van der Waals surface area (Å²) in [6.07, 6.45) is 0. The van der Waals surface area contributed by atoms with E-state index in [0.29, 0.717) is 0 Å². The van der Waals surface area contributed by atoms with E-state index < -0.39 is 5.97 Å². The molecule has 0 aromatic heterocycles. The van der Waals surface area contributed by atoms with E-state index in [2.05, 4.69) is 16.3 Å². The second kappa shape index (κ2) is 3.64. The summed E-state index contributed by atoms with van der Waals surface area (Å²) in [6.45, 7) is 9.56. The third-order valence-electron chi connectivity index (χ3n) is 0.636. The fraction of sp³-hybridized carbons (Fsp3) is 0.333. The minimum absolute atomic E-state index is 0.214. The zero-order valence-electron chi connectivity index (χ0n) is 5.92. The van der Waals surface area contributed by atoms with Gasteiger partial charge < -0.3 is 4.84 Å². The highest BCUT2D eigenvalue weighted by Gasteiger charge is 2.08. The normalized spacial score (nSPS) is 8.60. The Morgan fingerprint density at radius 3 is 2.50 bits per heavy atom. The summed E-state index contributed by atoms with van der Waals surface area (Å²) in [5, 5.41) is 1.21. The molecule has 0 spiro atoms. The van der Waals surface area contributed by atoms with Gasteiger partial charge >= 0.3 is 5.97 Å². The maximum Gasteiger partial charge on any atom is 0.356 e. The van der Waals surface area contributed by atoms with Gasteiger partial charge in [-0.05, 0) is 0 Å². The van der Waals surface area contributed by atoms with Crippen molar-refractivity contribution in [3.63, 3.8) is 0 Å². The number of hydrogen-bond acceptors (Lipinski definition) is 3. The molecule has 0 bridgehead atoms. The second-order valence-corrected chi connectivity index (χ2v) is 1.75. The van der Waals surface area contributed by atoms with Crippen molar-refractivity contribution in [2.24, 2.45) is 0 Å². The predicted molar refractivity (Wildman–Crippen MR) is 35.5 cm³/mol. The van der Waals surface area contributed by atoms with Crippen molar-refractivity contribution < 1.29 is 9.63 Å². The first-order valence-electron chi connectivity index (χ1n) is 2.54. The average Bonchev–Trinajstić information content (AvgIpc) is 1.85. The van der Waals surface area contributed by atoms with Crippen LogP contribution in [0.25, 0.3) is 4.85 Å². The van der Waals surface area contributed by atoms with Gasteiger partial charge in [0.2, 0.25) is 0 Å². The highest BCUT2D eigenvalue weighted by atomic mass is 16.7. The summed E-state index contributed by atoms with van der Waals surface area (Å²) >= 11 is 0. The van der Waals surface area contributed by atoms with Crippen molar-refractivity contribution >= 4 is 5.97 Å². The van der Waals surface area contributed by atoms with Gasteiger partial charge in [0.25, 0.3) is 5.70 Å². The van der Waals surface area contributed by atoms with E-state index in [9.17, 15) is 4.79 Å². The Balaban J connectivity index is 3.89. The molecule has 0 aromatic rings. The minimum Gasteiger partial charge on any atom is -0.376 e. The standard InChI is InChI=1S/C6H8N2O2/c1-5(7-2)6(9)10-8(3)4/h1H2,3-4H3. The van der Waals surface area contributed by atoms with Crippen LogP contribution in [0.1, 0.15) is 0 Å². The highest BCUT2D eigenvalue weighted by Crippen LogP contribution is 1.95. The highest BCUT2D eigenvalue weighted by molar-refractivity contribution is 5.89. The van der Waals surface area contributed by atoms with Crippen LogP contribution < -0.4 is 0 Å². The molecule has 0 saturated carbocycles. The van der Waals surface area contributed by atoms with Crippen LogP contribution in [0.2, 0.25) is 0 Å². The van der Waals surface area contributed by atoms with Gasteiger partial charge in [-0.25, -0.2) is 4.85 Å². The zero-order chi connectivity index (χ0) is 8.15. The number of nitrogens with zero attached hydrogens (tertiary/aromatic N) is 2. The summed E-state index contributed by atoms with van der Waals surface area (Å²) in [7, 11) is 3.10. The predicted octanol–water partition coefficient (Wildman–Crippen LogP) is 0.439. The van der Waals surface area contributed by atoms with Gasteiger partial charge in [-0.15, -0.1) is 5.06 Å². The molecule has 0 aliphatic heterocycles. The van der Waals surface area contributed by atoms with Gasteiger partial charge in [-0.1, -0.05) is 6.58 Å². The van der Waals surface area contributed by atoms with Crippen molar-refractivity contribution in [1.29, 1.82) is 0 Å². The quantitative estimate of drug-likeness (QED) is 0.317. The molecule has 0 heterocycles. The van der Waals surface area contributed by atoms with Crippen molar-refractivity contribution in [3.05, 3.63) is 23.7 Å². The lowest BCUT2D eigenvalue weighted by Crippen LogP contribution is -2.18. The van der Waals surface area contributed by atoms with E-state index >= 15 is 0 Å². The molecular formula is C6H8N2O2. The maximum absolute atomic E-state index is 10.6.